The van der Waals surface area contributed by atoms with Crippen molar-refractivity contribution in [3.63, 3.8) is 0 Å². The average Bonchev–Trinajstić information content (AvgIpc) is 3.15. The van der Waals surface area contributed by atoms with E-state index >= 15 is 0 Å². The number of carboxylic acid groups (broad SMARTS) is 1. The molecule has 2 aromatic rings. The van der Waals surface area contributed by atoms with Gasteiger partial charge >= 0.3 is 12.3 Å². The molecular weight excluding hydrogens is 465 g/mol. The number of aromatic nitrogens is 3. The molecule has 1 aliphatic carbocycles. The molecular formula is C21H24F5N5O3. The smallest absolute Gasteiger partial charge is 0.405 e. The molecule has 186 valence electrons. The summed E-state index contributed by atoms with van der Waals surface area (Å²) in [5.41, 5.74) is 0.897. The van der Waals surface area contributed by atoms with E-state index in [1.165, 1.54) is 16.8 Å². The Morgan fingerprint density at radius 2 is 2.12 bits per heavy atom. The van der Waals surface area contributed by atoms with Gasteiger partial charge in [0.15, 0.2) is 5.65 Å². The molecule has 0 bridgehead atoms. The third-order valence-corrected chi connectivity index (χ3v) is 6.52. The molecule has 4 rings (SSSR count). The molecule has 1 aliphatic heterocycles. The topological polar surface area (TPSA) is 109 Å². The summed E-state index contributed by atoms with van der Waals surface area (Å²) in [6, 6.07) is 2.11. The Hall–Kier alpha value is -2.99. The summed E-state index contributed by atoms with van der Waals surface area (Å²) < 4.78 is 68.5. The van der Waals surface area contributed by atoms with E-state index in [2.05, 4.69) is 20.7 Å². The minimum absolute atomic E-state index is 0.0203. The summed E-state index contributed by atoms with van der Waals surface area (Å²) in [6.07, 6.45) is -4.77. The van der Waals surface area contributed by atoms with E-state index in [1.54, 1.807) is 6.07 Å². The van der Waals surface area contributed by atoms with Gasteiger partial charge in [0.05, 0.1) is 29.5 Å². The second-order valence-corrected chi connectivity index (χ2v) is 9.05. The van der Waals surface area contributed by atoms with Crippen LogP contribution in [-0.4, -0.2) is 50.3 Å². The molecule has 2 amide bonds. The average molecular weight is 489 g/mol. The number of piperidine rings is 1. The van der Waals surface area contributed by atoms with E-state index < -0.39 is 60.9 Å². The molecule has 0 radical (unpaired) electrons. The zero-order valence-electron chi connectivity index (χ0n) is 18.0. The SMILES string of the molecule is O=C(O)NC(c1cn2nc(CC3C[C@@H](C(F)(F)F)CNC3=O)ccc2n1)[C@@H]1CCCC(F)(F)C1. The normalized spacial score (nSPS) is 26.1. The second-order valence-electron chi connectivity index (χ2n) is 9.05. The Labute approximate surface area is 190 Å². The Bertz CT molecular complexity index is 1070. The maximum absolute atomic E-state index is 14.0. The number of hydrogen-bond acceptors (Lipinski definition) is 4. The number of nitrogens with one attached hydrogen (secondary N) is 2. The predicted octanol–water partition coefficient (Wildman–Crippen LogP) is 3.72. The summed E-state index contributed by atoms with van der Waals surface area (Å²) in [4.78, 5) is 27.8. The molecule has 3 N–H and O–H groups in total. The van der Waals surface area contributed by atoms with Gasteiger partial charge in [-0.15, -0.1) is 0 Å². The van der Waals surface area contributed by atoms with E-state index in [4.69, 9.17) is 0 Å². The van der Waals surface area contributed by atoms with Crippen LogP contribution in [0.1, 0.15) is 49.5 Å². The molecule has 0 spiro atoms. The number of amides is 2. The molecule has 4 atom stereocenters. The van der Waals surface area contributed by atoms with Gasteiger partial charge in [-0.3, -0.25) is 4.79 Å². The maximum Gasteiger partial charge on any atom is 0.405 e. The second kappa shape index (κ2) is 8.99. The van der Waals surface area contributed by atoms with Crippen LogP contribution in [0.15, 0.2) is 18.3 Å². The van der Waals surface area contributed by atoms with Crippen LogP contribution in [0.25, 0.3) is 5.65 Å². The van der Waals surface area contributed by atoms with Crippen molar-refractivity contribution in [2.75, 3.05) is 6.54 Å². The number of hydrogen-bond donors (Lipinski definition) is 3. The lowest BCUT2D eigenvalue weighted by Gasteiger charge is -2.33. The van der Waals surface area contributed by atoms with Gasteiger partial charge in [-0.05, 0) is 37.3 Å². The minimum Gasteiger partial charge on any atom is -0.465 e. The van der Waals surface area contributed by atoms with Gasteiger partial charge in [-0.1, -0.05) is 0 Å². The van der Waals surface area contributed by atoms with Crippen LogP contribution >= 0.6 is 0 Å². The summed E-state index contributed by atoms with van der Waals surface area (Å²) in [7, 11) is 0. The van der Waals surface area contributed by atoms with Gasteiger partial charge in [0.2, 0.25) is 11.8 Å². The number of imidazole rings is 1. The highest BCUT2D eigenvalue weighted by atomic mass is 19.4. The lowest BCUT2D eigenvalue weighted by molar-refractivity contribution is -0.183. The van der Waals surface area contributed by atoms with Crippen molar-refractivity contribution in [2.45, 2.75) is 56.7 Å². The summed E-state index contributed by atoms with van der Waals surface area (Å²) in [5, 5.41) is 18.1. The standard InChI is InChI=1S/C21H24F5N5O3/c22-20(23)5-1-2-11(8-20)17(29-19(33)34)15-10-31-16(28-15)4-3-14(30-31)7-12-6-13(21(24,25)26)9-27-18(12)32/h3-4,10-13,17,29H,1-2,5-9H2,(H,27,32)(H,33,34)/t11-,12?,13-,17?/m1/s1. The molecule has 3 heterocycles. The van der Waals surface area contributed by atoms with Crippen LogP contribution in [0, 0.1) is 17.8 Å². The molecule has 8 nitrogen and oxygen atoms in total. The van der Waals surface area contributed by atoms with Gasteiger partial charge < -0.3 is 15.7 Å². The molecule has 1 saturated heterocycles. The first-order chi connectivity index (χ1) is 15.9. The summed E-state index contributed by atoms with van der Waals surface area (Å²) in [5.74, 6) is -6.55. The number of halogens is 5. The van der Waals surface area contributed by atoms with Crippen molar-refractivity contribution < 1.29 is 36.6 Å². The van der Waals surface area contributed by atoms with Gasteiger partial charge in [-0.2, -0.15) is 18.3 Å². The molecule has 13 heteroatoms. The maximum atomic E-state index is 14.0. The highest BCUT2D eigenvalue weighted by Gasteiger charge is 2.45. The van der Waals surface area contributed by atoms with Crippen molar-refractivity contribution in [2.24, 2.45) is 17.8 Å². The lowest BCUT2D eigenvalue weighted by Crippen LogP contribution is -2.47. The third-order valence-electron chi connectivity index (χ3n) is 6.52. The Kier molecular flexibility index (Phi) is 6.38. The largest absolute Gasteiger partial charge is 0.465 e. The fraction of sp³-hybridized carbons (Fsp3) is 0.619. The van der Waals surface area contributed by atoms with Crippen molar-refractivity contribution in [3.05, 3.63) is 29.7 Å². The van der Waals surface area contributed by atoms with Crippen LogP contribution < -0.4 is 10.6 Å². The fourth-order valence-electron chi connectivity index (χ4n) is 4.84. The Morgan fingerprint density at radius 3 is 2.79 bits per heavy atom. The Morgan fingerprint density at radius 1 is 1.35 bits per heavy atom. The van der Waals surface area contributed by atoms with E-state index in [1.807, 2.05) is 0 Å². The fourth-order valence-corrected chi connectivity index (χ4v) is 4.84. The number of carbonyl (C=O) groups excluding carboxylic acids is 1. The van der Waals surface area contributed by atoms with Gasteiger partial charge in [0.1, 0.15) is 0 Å². The molecule has 0 aromatic carbocycles. The highest BCUT2D eigenvalue weighted by molar-refractivity contribution is 5.79. The number of nitrogens with zero attached hydrogens (tertiary/aromatic N) is 3. The van der Waals surface area contributed by atoms with Crippen molar-refractivity contribution in [1.29, 1.82) is 0 Å². The van der Waals surface area contributed by atoms with Crippen molar-refractivity contribution >= 4 is 17.6 Å². The monoisotopic (exact) mass is 489 g/mol. The first-order valence-electron chi connectivity index (χ1n) is 11.0. The Balaban J connectivity index is 1.56. The van der Waals surface area contributed by atoms with Crippen LogP contribution in [0.4, 0.5) is 26.7 Å². The molecule has 2 aromatic heterocycles. The predicted molar refractivity (Wildman–Crippen MR) is 108 cm³/mol. The summed E-state index contributed by atoms with van der Waals surface area (Å²) in [6.45, 7) is -0.450. The van der Waals surface area contributed by atoms with E-state index in [0.717, 1.165) is 0 Å². The van der Waals surface area contributed by atoms with Gasteiger partial charge in [0.25, 0.3) is 0 Å². The third kappa shape index (κ3) is 5.39. The highest BCUT2D eigenvalue weighted by Crippen LogP contribution is 2.42. The first kappa shape index (κ1) is 24.1. The minimum atomic E-state index is -4.41. The number of carbonyl (C=O) groups is 2. The van der Waals surface area contributed by atoms with Crippen LogP contribution in [0.5, 0.6) is 0 Å². The van der Waals surface area contributed by atoms with E-state index in [0.29, 0.717) is 17.8 Å². The summed E-state index contributed by atoms with van der Waals surface area (Å²) >= 11 is 0. The van der Waals surface area contributed by atoms with Crippen LogP contribution in [-0.2, 0) is 11.2 Å². The lowest BCUT2D eigenvalue weighted by atomic mass is 9.81. The zero-order chi connectivity index (χ0) is 24.7. The zero-order valence-corrected chi connectivity index (χ0v) is 18.0. The number of fused-ring (bicyclic) bond motifs is 1. The quantitative estimate of drug-likeness (QED) is 0.555. The van der Waals surface area contributed by atoms with Crippen molar-refractivity contribution in [1.82, 2.24) is 25.2 Å². The van der Waals surface area contributed by atoms with Crippen LogP contribution in [0.3, 0.4) is 0 Å². The first-order valence-corrected chi connectivity index (χ1v) is 11.0. The number of rotatable bonds is 5. The van der Waals surface area contributed by atoms with Gasteiger partial charge in [-0.25, -0.2) is 23.1 Å². The van der Waals surface area contributed by atoms with Crippen molar-refractivity contribution in [3.8, 4) is 0 Å². The molecule has 2 aliphatic rings. The van der Waals surface area contributed by atoms with E-state index in [9.17, 15) is 36.6 Å². The molecule has 2 fully saturated rings. The van der Waals surface area contributed by atoms with Gasteiger partial charge in [0, 0.05) is 31.7 Å². The molecule has 34 heavy (non-hydrogen) atoms. The molecule has 2 unspecified atom stereocenters. The number of alkyl halides is 5. The van der Waals surface area contributed by atoms with E-state index in [-0.39, 0.29) is 31.4 Å². The molecule has 1 saturated carbocycles. The van der Waals surface area contributed by atoms with Crippen LogP contribution in [0.2, 0.25) is 0 Å².